The van der Waals surface area contributed by atoms with Crippen LogP contribution < -0.4 is 16.0 Å². The number of carbonyl (C=O) groups is 1. The first-order chi connectivity index (χ1) is 15.6. The number of ether oxygens (including phenoxy) is 1. The van der Waals surface area contributed by atoms with Gasteiger partial charge in [0.25, 0.3) is 0 Å². The SMILES string of the molecule is CCOCCCCNC1(CCCN(C(N)=O)c2ccc(Br)cc2)CCCc2ccccc21. The first-order valence-electron chi connectivity index (χ1n) is 11.8. The third kappa shape index (κ3) is 6.56. The number of unbranched alkanes of at least 4 members (excludes halogenated alkanes) is 1. The van der Waals surface area contributed by atoms with Gasteiger partial charge in [-0.3, -0.25) is 4.90 Å². The van der Waals surface area contributed by atoms with Crippen LogP contribution in [0.3, 0.4) is 0 Å². The van der Waals surface area contributed by atoms with E-state index in [9.17, 15) is 4.79 Å². The molecule has 2 amide bonds. The van der Waals surface area contributed by atoms with Gasteiger partial charge in [-0.05, 0) is 93.8 Å². The number of hydrogen-bond donors (Lipinski definition) is 2. The van der Waals surface area contributed by atoms with Crippen molar-refractivity contribution < 1.29 is 9.53 Å². The number of urea groups is 1. The third-order valence-electron chi connectivity index (χ3n) is 6.36. The van der Waals surface area contributed by atoms with Crippen molar-refractivity contribution in [2.45, 2.75) is 57.4 Å². The maximum absolute atomic E-state index is 12.2. The Kier molecular flexibility index (Phi) is 9.57. The van der Waals surface area contributed by atoms with Crippen LogP contribution in [0.25, 0.3) is 0 Å². The van der Waals surface area contributed by atoms with E-state index in [1.54, 1.807) is 4.90 Å². The van der Waals surface area contributed by atoms with Crippen molar-refractivity contribution in [1.82, 2.24) is 5.32 Å². The van der Waals surface area contributed by atoms with Crippen molar-refractivity contribution in [2.75, 3.05) is 31.2 Å². The van der Waals surface area contributed by atoms with Gasteiger partial charge in [-0.2, -0.15) is 0 Å². The van der Waals surface area contributed by atoms with Gasteiger partial charge >= 0.3 is 6.03 Å². The summed E-state index contributed by atoms with van der Waals surface area (Å²) in [6, 6.07) is 16.2. The summed E-state index contributed by atoms with van der Waals surface area (Å²) >= 11 is 3.45. The molecule has 1 unspecified atom stereocenters. The number of primary amides is 1. The highest BCUT2D eigenvalue weighted by molar-refractivity contribution is 9.10. The number of carbonyl (C=O) groups excluding carboxylic acids is 1. The molecule has 32 heavy (non-hydrogen) atoms. The van der Waals surface area contributed by atoms with Gasteiger partial charge in [0.05, 0.1) is 0 Å². The molecule has 0 saturated carbocycles. The fourth-order valence-corrected chi connectivity index (χ4v) is 5.04. The maximum atomic E-state index is 12.2. The van der Waals surface area contributed by atoms with E-state index in [4.69, 9.17) is 10.5 Å². The monoisotopic (exact) mass is 501 g/mol. The Hall–Kier alpha value is -1.89. The average Bonchev–Trinajstić information content (AvgIpc) is 2.80. The van der Waals surface area contributed by atoms with Crippen molar-refractivity contribution in [2.24, 2.45) is 5.73 Å². The van der Waals surface area contributed by atoms with Crippen molar-refractivity contribution in [1.29, 1.82) is 0 Å². The summed E-state index contributed by atoms with van der Waals surface area (Å²) in [6.07, 6.45) is 7.43. The highest BCUT2D eigenvalue weighted by Gasteiger charge is 2.35. The molecule has 6 heteroatoms. The summed E-state index contributed by atoms with van der Waals surface area (Å²) in [5, 5.41) is 3.92. The van der Waals surface area contributed by atoms with E-state index in [-0.39, 0.29) is 5.54 Å². The van der Waals surface area contributed by atoms with Gasteiger partial charge in [0.1, 0.15) is 0 Å². The normalized spacial score (nSPS) is 17.7. The first-order valence-corrected chi connectivity index (χ1v) is 12.6. The highest BCUT2D eigenvalue weighted by atomic mass is 79.9. The molecule has 174 valence electrons. The van der Waals surface area contributed by atoms with Gasteiger partial charge in [0, 0.05) is 35.5 Å². The lowest BCUT2D eigenvalue weighted by atomic mass is 9.73. The van der Waals surface area contributed by atoms with Gasteiger partial charge in [-0.25, -0.2) is 4.79 Å². The molecular weight excluding hydrogens is 466 g/mol. The molecule has 0 aromatic heterocycles. The number of fused-ring (bicyclic) bond motifs is 1. The molecule has 0 aliphatic heterocycles. The zero-order chi connectivity index (χ0) is 22.8. The summed E-state index contributed by atoms with van der Waals surface area (Å²) in [5.74, 6) is 0. The Morgan fingerprint density at radius 2 is 1.94 bits per heavy atom. The van der Waals surface area contributed by atoms with E-state index in [1.807, 2.05) is 31.2 Å². The standard InChI is InChI=1S/C26H36BrN3O2/c1-2-32-20-6-5-18-29-26(16-7-10-21-9-3-4-11-24(21)26)17-8-19-30(25(28)31)23-14-12-22(27)13-15-23/h3-4,9,11-15,29H,2,5-8,10,16-20H2,1H3,(H2,28,31). The summed E-state index contributed by atoms with van der Waals surface area (Å²) in [4.78, 5) is 13.8. The topological polar surface area (TPSA) is 67.6 Å². The zero-order valence-corrected chi connectivity index (χ0v) is 20.7. The lowest BCUT2D eigenvalue weighted by molar-refractivity contribution is 0.142. The Morgan fingerprint density at radius 1 is 1.16 bits per heavy atom. The zero-order valence-electron chi connectivity index (χ0n) is 19.1. The van der Waals surface area contributed by atoms with Crippen LogP contribution in [0.5, 0.6) is 0 Å². The first kappa shape index (κ1) is 24.7. The van der Waals surface area contributed by atoms with Crippen LogP contribution in [-0.4, -0.2) is 32.3 Å². The Morgan fingerprint density at radius 3 is 2.69 bits per heavy atom. The number of amides is 2. The van der Waals surface area contributed by atoms with Crippen LogP contribution in [0.15, 0.2) is 53.0 Å². The fraction of sp³-hybridized carbons (Fsp3) is 0.500. The summed E-state index contributed by atoms with van der Waals surface area (Å²) in [6.45, 7) is 5.21. The minimum absolute atomic E-state index is 0.0521. The van der Waals surface area contributed by atoms with Crippen molar-refractivity contribution in [3.05, 3.63) is 64.1 Å². The molecule has 0 saturated heterocycles. The van der Waals surface area contributed by atoms with Gasteiger partial charge in [0.15, 0.2) is 0 Å². The minimum Gasteiger partial charge on any atom is -0.382 e. The second-order valence-corrected chi connectivity index (χ2v) is 9.41. The number of hydrogen-bond acceptors (Lipinski definition) is 3. The molecular formula is C26H36BrN3O2. The summed E-state index contributed by atoms with van der Waals surface area (Å²) < 4.78 is 6.47. The number of halogens is 1. The van der Waals surface area contributed by atoms with Crippen LogP contribution >= 0.6 is 15.9 Å². The second-order valence-electron chi connectivity index (χ2n) is 8.49. The van der Waals surface area contributed by atoms with E-state index in [1.165, 1.54) is 17.5 Å². The van der Waals surface area contributed by atoms with E-state index >= 15 is 0 Å². The van der Waals surface area contributed by atoms with E-state index in [2.05, 4.69) is 45.5 Å². The van der Waals surface area contributed by atoms with E-state index in [0.717, 1.165) is 68.4 Å². The molecule has 1 aliphatic rings. The molecule has 0 bridgehead atoms. The van der Waals surface area contributed by atoms with Crippen LogP contribution in [0.4, 0.5) is 10.5 Å². The van der Waals surface area contributed by atoms with Crippen LogP contribution in [-0.2, 0) is 16.7 Å². The fourth-order valence-electron chi connectivity index (χ4n) is 4.78. The average molecular weight is 502 g/mol. The smallest absolute Gasteiger partial charge is 0.319 e. The molecule has 3 N–H and O–H groups in total. The van der Waals surface area contributed by atoms with E-state index < -0.39 is 6.03 Å². The van der Waals surface area contributed by atoms with Gasteiger partial charge in [0.2, 0.25) is 0 Å². The number of anilines is 1. The number of nitrogens with zero attached hydrogens (tertiary/aromatic N) is 1. The lowest BCUT2D eigenvalue weighted by Crippen LogP contribution is -2.46. The molecule has 2 aromatic rings. The van der Waals surface area contributed by atoms with Crippen molar-refractivity contribution >= 4 is 27.6 Å². The lowest BCUT2D eigenvalue weighted by Gasteiger charge is -2.41. The number of nitrogens with two attached hydrogens (primary N) is 1. The van der Waals surface area contributed by atoms with Crippen LogP contribution in [0, 0.1) is 0 Å². The summed E-state index contributed by atoms with van der Waals surface area (Å²) in [7, 11) is 0. The van der Waals surface area contributed by atoms with Gasteiger partial charge in [-0.15, -0.1) is 0 Å². The highest BCUT2D eigenvalue weighted by Crippen LogP contribution is 2.39. The second kappa shape index (κ2) is 12.4. The van der Waals surface area contributed by atoms with Crippen molar-refractivity contribution in [3.63, 3.8) is 0 Å². The predicted molar refractivity (Wildman–Crippen MR) is 135 cm³/mol. The molecule has 3 rings (SSSR count). The van der Waals surface area contributed by atoms with Crippen LogP contribution in [0.1, 0.15) is 56.6 Å². The van der Waals surface area contributed by atoms with Gasteiger partial charge in [-0.1, -0.05) is 40.2 Å². The molecule has 0 fully saturated rings. The molecule has 0 radical (unpaired) electrons. The number of nitrogens with one attached hydrogen (secondary N) is 1. The molecule has 1 atom stereocenters. The number of aryl methyl sites for hydroxylation is 1. The van der Waals surface area contributed by atoms with E-state index in [0.29, 0.717) is 6.54 Å². The third-order valence-corrected chi connectivity index (χ3v) is 6.88. The Balaban J connectivity index is 1.69. The molecule has 0 spiro atoms. The number of benzene rings is 2. The quantitative estimate of drug-likeness (QED) is 0.363. The minimum atomic E-state index is -0.408. The van der Waals surface area contributed by atoms with Crippen molar-refractivity contribution in [3.8, 4) is 0 Å². The summed E-state index contributed by atoms with van der Waals surface area (Å²) in [5.41, 5.74) is 9.37. The Bertz CT molecular complexity index is 858. The molecule has 1 aliphatic carbocycles. The predicted octanol–water partition coefficient (Wildman–Crippen LogP) is 5.75. The Labute approximate surface area is 200 Å². The molecule has 5 nitrogen and oxygen atoms in total. The maximum Gasteiger partial charge on any atom is 0.319 e. The largest absolute Gasteiger partial charge is 0.382 e. The molecule has 2 aromatic carbocycles. The van der Waals surface area contributed by atoms with Crippen LogP contribution in [0.2, 0.25) is 0 Å². The number of rotatable bonds is 12. The van der Waals surface area contributed by atoms with Gasteiger partial charge < -0.3 is 15.8 Å². The molecule has 0 heterocycles.